The number of benzene rings is 1. The lowest BCUT2D eigenvalue weighted by molar-refractivity contribution is -0.130. The van der Waals surface area contributed by atoms with Crippen LogP contribution in [0.25, 0.3) is 0 Å². The summed E-state index contributed by atoms with van der Waals surface area (Å²) < 4.78 is 0. The van der Waals surface area contributed by atoms with E-state index < -0.39 is 5.54 Å². The van der Waals surface area contributed by atoms with E-state index in [1.165, 1.54) is 4.90 Å². The number of nitrogen functional groups attached to an aromatic ring is 1. The van der Waals surface area contributed by atoms with Crippen LogP contribution in [0.2, 0.25) is 0 Å². The first-order chi connectivity index (χ1) is 9.31. The summed E-state index contributed by atoms with van der Waals surface area (Å²) in [6.45, 7) is 5.79. The van der Waals surface area contributed by atoms with Crippen molar-refractivity contribution in [2.24, 2.45) is 0 Å². The SMILES string of the molecule is Cc1cc(SCCN2C(=O)NC(C)(C)C2=O)ccc1N. The molecule has 5 nitrogen and oxygen atoms in total. The average Bonchev–Trinajstić information content (AvgIpc) is 2.55. The molecule has 0 saturated carbocycles. The minimum absolute atomic E-state index is 0.170. The van der Waals surface area contributed by atoms with Crippen molar-refractivity contribution in [2.75, 3.05) is 18.0 Å². The molecular formula is C14H19N3O2S. The molecule has 0 spiro atoms. The van der Waals surface area contributed by atoms with E-state index in [2.05, 4.69) is 5.32 Å². The van der Waals surface area contributed by atoms with Crippen LogP contribution in [-0.2, 0) is 4.79 Å². The molecule has 1 fully saturated rings. The molecule has 6 heteroatoms. The zero-order chi connectivity index (χ0) is 14.9. The summed E-state index contributed by atoms with van der Waals surface area (Å²) in [7, 11) is 0. The maximum absolute atomic E-state index is 12.0. The molecule has 1 aliphatic rings. The van der Waals surface area contributed by atoms with E-state index in [0.717, 1.165) is 16.1 Å². The van der Waals surface area contributed by atoms with Crippen LogP contribution in [0.1, 0.15) is 19.4 Å². The first-order valence-electron chi connectivity index (χ1n) is 6.44. The monoisotopic (exact) mass is 293 g/mol. The largest absolute Gasteiger partial charge is 0.399 e. The van der Waals surface area contributed by atoms with Crippen molar-refractivity contribution in [1.82, 2.24) is 10.2 Å². The topological polar surface area (TPSA) is 75.4 Å². The molecule has 3 N–H and O–H groups in total. The number of amides is 3. The van der Waals surface area contributed by atoms with Crippen molar-refractivity contribution >= 4 is 29.4 Å². The molecule has 0 aliphatic carbocycles. The fraction of sp³-hybridized carbons (Fsp3) is 0.429. The Morgan fingerprint density at radius 1 is 1.35 bits per heavy atom. The predicted octanol–water partition coefficient (Wildman–Crippen LogP) is 2.00. The Kier molecular flexibility index (Phi) is 3.94. The molecular weight excluding hydrogens is 274 g/mol. The second-order valence-electron chi connectivity index (χ2n) is 5.38. The number of carbonyl (C=O) groups excluding carboxylic acids is 2. The van der Waals surface area contributed by atoms with Crippen LogP contribution < -0.4 is 11.1 Å². The van der Waals surface area contributed by atoms with Gasteiger partial charge in [0.2, 0.25) is 0 Å². The van der Waals surface area contributed by atoms with Crippen LogP contribution in [0, 0.1) is 6.92 Å². The molecule has 2 rings (SSSR count). The van der Waals surface area contributed by atoms with Crippen molar-refractivity contribution in [3.63, 3.8) is 0 Å². The van der Waals surface area contributed by atoms with Gasteiger partial charge in [-0.05, 0) is 44.5 Å². The summed E-state index contributed by atoms with van der Waals surface area (Å²) in [5, 5.41) is 2.67. The fourth-order valence-electron chi connectivity index (χ4n) is 2.01. The molecule has 20 heavy (non-hydrogen) atoms. The highest BCUT2D eigenvalue weighted by atomic mass is 32.2. The minimum atomic E-state index is -0.792. The Hall–Kier alpha value is -1.69. The summed E-state index contributed by atoms with van der Waals surface area (Å²) in [5.74, 6) is 0.495. The van der Waals surface area contributed by atoms with Gasteiger partial charge in [0.05, 0.1) is 0 Å². The van der Waals surface area contributed by atoms with Crippen molar-refractivity contribution in [3.8, 4) is 0 Å². The zero-order valence-electron chi connectivity index (χ0n) is 11.9. The molecule has 0 unspecified atom stereocenters. The van der Waals surface area contributed by atoms with E-state index in [-0.39, 0.29) is 11.9 Å². The van der Waals surface area contributed by atoms with E-state index in [4.69, 9.17) is 5.73 Å². The Bertz CT molecular complexity index is 557. The Morgan fingerprint density at radius 2 is 2.05 bits per heavy atom. The third kappa shape index (κ3) is 2.90. The van der Waals surface area contributed by atoms with Gasteiger partial charge in [-0.1, -0.05) is 0 Å². The van der Waals surface area contributed by atoms with Gasteiger partial charge >= 0.3 is 6.03 Å². The molecule has 1 aromatic carbocycles. The van der Waals surface area contributed by atoms with Crippen molar-refractivity contribution in [2.45, 2.75) is 31.2 Å². The molecule has 108 valence electrons. The lowest BCUT2D eigenvalue weighted by Crippen LogP contribution is -2.40. The smallest absolute Gasteiger partial charge is 0.325 e. The van der Waals surface area contributed by atoms with E-state index in [1.54, 1.807) is 25.6 Å². The molecule has 0 bridgehead atoms. The van der Waals surface area contributed by atoms with Gasteiger partial charge in [-0.25, -0.2) is 4.79 Å². The summed E-state index contributed by atoms with van der Waals surface area (Å²) in [5.41, 5.74) is 6.78. The van der Waals surface area contributed by atoms with Gasteiger partial charge in [-0.3, -0.25) is 9.69 Å². The molecule has 1 aromatic rings. The number of nitrogens with zero attached hydrogens (tertiary/aromatic N) is 1. The highest BCUT2D eigenvalue weighted by Crippen LogP contribution is 2.23. The lowest BCUT2D eigenvalue weighted by atomic mass is 10.1. The summed E-state index contributed by atoms with van der Waals surface area (Å²) in [6, 6.07) is 5.52. The number of nitrogens with two attached hydrogens (primary N) is 1. The van der Waals surface area contributed by atoms with Crippen LogP contribution in [0.3, 0.4) is 0 Å². The van der Waals surface area contributed by atoms with Crippen molar-refractivity contribution in [1.29, 1.82) is 0 Å². The summed E-state index contributed by atoms with van der Waals surface area (Å²) in [4.78, 5) is 26.1. The van der Waals surface area contributed by atoms with E-state index in [9.17, 15) is 9.59 Å². The number of nitrogens with one attached hydrogen (secondary N) is 1. The summed E-state index contributed by atoms with van der Waals surface area (Å²) in [6.07, 6.45) is 0. The molecule has 0 aromatic heterocycles. The highest BCUT2D eigenvalue weighted by Gasteiger charge is 2.43. The number of imide groups is 1. The third-order valence-corrected chi connectivity index (χ3v) is 4.24. The van der Waals surface area contributed by atoms with Crippen LogP contribution in [0.5, 0.6) is 0 Å². The number of hydrogen-bond donors (Lipinski definition) is 2. The predicted molar refractivity (Wildman–Crippen MR) is 80.6 cm³/mol. The maximum Gasteiger partial charge on any atom is 0.325 e. The fourth-order valence-corrected chi connectivity index (χ4v) is 2.95. The van der Waals surface area contributed by atoms with Gasteiger partial charge in [0.1, 0.15) is 5.54 Å². The number of carbonyl (C=O) groups is 2. The Morgan fingerprint density at radius 3 is 2.60 bits per heavy atom. The quantitative estimate of drug-likeness (QED) is 0.506. The van der Waals surface area contributed by atoms with Gasteiger partial charge in [0.25, 0.3) is 5.91 Å². The van der Waals surface area contributed by atoms with Gasteiger partial charge < -0.3 is 11.1 Å². The molecule has 0 atom stereocenters. The second-order valence-corrected chi connectivity index (χ2v) is 6.55. The van der Waals surface area contributed by atoms with Gasteiger partial charge in [0.15, 0.2) is 0 Å². The van der Waals surface area contributed by atoms with Gasteiger partial charge in [-0.15, -0.1) is 11.8 Å². The van der Waals surface area contributed by atoms with E-state index in [0.29, 0.717) is 12.3 Å². The number of urea groups is 1. The number of anilines is 1. The molecule has 1 saturated heterocycles. The maximum atomic E-state index is 12.0. The zero-order valence-corrected chi connectivity index (χ0v) is 12.7. The van der Waals surface area contributed by atoms with E-state index >= 15 is 0 Å². The van der Waals surface area contributed by atoms with Crippen LogP contribution in [0.15, 0.2) is 23.1 Å². The first-order valence-corrected chi connectivity index (χ1v) is 7.43. The van der Waals surface area contributed by atoms with Crippen LogP contribution in [0.4, 0.5) is 10.5 Å². The number of hydrogen-bond acceptors (Lipinski definition) is 4. The van der Waals surface area contributed by atoms with Crippen LogP contribution >= 0.6 is 11.8 Å². The molecule has 1 heterocycles. The third-order valence-electron chi connectivity index (χ3n) is 3.27. The lowest BCUT2D eigenvalue weighted by Gasteiger charge is -2.15. The molecule has 1 aliphatic heterocycles. The number of aryl methyl sites for hydroxylation is 1. The highest BCUT2D eigenvalue weighted by molar-refractivity contribution is 7.99. The minimum Gasteiger partial charge on any atom is -0.399 e. The first kappa shape index (κ1) is 14.7. The van der Waals surface area contributed by atoms with Crippen LogP contribution in [-0.4, -0.2) is 34.7 Å². The van der Waals surface area contributed by atoms with E-state index in [1.807, 2.05) is 25.1 Å². The van der Waals surface area contributed by atoms with Crippen molar-refractivity contribution < 1.29 is 9.59 Å². The normalized spacial score (nSPS) is 17.4. The standard InChI is InChI=1S/C14H19N3O2S/c1-9-8-10(4-5-11(9)15)20-7-6-17-12(18)14(2,3)16-13(17)19/h4-5,8H,6-7,15H2,1-3H3,(H,16,19). The Labute approximate surface area is 122 Å². The number of thioether (sulfide) groups is 1. The Balaban J connectivity index is 1.92. The average molecular weight is 293 g/mol. The second kappa shape index (κ2) is 5.36. The molecule has 0 radical (unpaired) electrons. The summed E-state index contributed by atoms with van der Waals surface area (Å²) >= 11 is 1.60. The van der Waals surface area contributed by atoms with Gasteiger partial charge in [-0.2, -0.15) is 0 Å². The van der Waals surface area contributed by atoms with Gasteiger partial charge in [0, 0.05) is 22.9 Å². The molecule has 3 amide bonds. The number of rotatable bonds is 4. The van der Waals surface area contributed by atoms with Crippen molar-refractivity contribution in [3.05, 3.63) is 23.8 Å².